The van der Waals surface area contributed by atoms with Gasteiger partial charge in [-0.3, -0.25) is 9.59 Å². The summed E-state index contributed by atoms with van der Waals surface area (Å²) in [4.78, 5) is 41.4. The summed E-state index contributed by atoms with van der Waals surface area (Å²) in [6.45, 7) is 13.6. The zero-order chi connectivity index (χ0) is 25.5. The second kappa shape index (κ2) is 12.2. The number of hydrogen-bond acceptors (Lipinski definition) is 4. The molecule has 0 spiro atoms. The third kappa shape index (κ3) is 7.74. The number of amides is 3. The third-order valence-electron chi connectivity index (χ3n) is 6.16. The van der Waals surface area contributed by atoms with Crippen LogP contribution in [-0.4, -0.2) is 47.0 Å². The van der Waals surface area contributed by atoms with Crippen molar-refractivity contribution in [3.8, 4) is 0 Å². The number of aryl methyl sites for hydroxylation is 2. The van der Waals surface area contributed by atoms with Gasteiger partial charge in [-0.05, 0) is 78.4 Å². The molecule has 1 saturated carbocycles. The minimum absolute atomic E-state index is 0.0401. The molecule has 1 fully saturated rings. The lowest BCUT2D eigenvalue weighted by molar-refractivity contribution is -0.147. The van der Waals surface area contributed by atoms with Gasteiger partial charge in [0.25, 0.3) is 0 Å². The second-order valence-corrected chi connectivity index (χ2v) is 10.5. The van der Waals surface area contributed by atoms with Crippen LogP contribution in [0.3, 0.4) is 0 Å². The smallest absolute Gasteiger partial charge is 0.408 e. The maximum Gasteiger partial charge on any atom is 0.408 e. The fourth-order valence-electron chi connectivity index (χ4n) is 4.11. The monoisotopic (exact) mass is 473 g/mol. The van der Waals surface area contributed by atoms with E-state index in [4.69, 9.17) is 4.74 Å². The molecule has 2 rings (SSSR count). The topological polar surface area (TPSA) is 87.7 Å². The van der Waals surface area contributed by atoms with E-state index in [1.165, 1.54) is 0 Å². The van der Waals surface area contributed by atoms with Gasteiger partial charge in [-0.15, -0.1) is 0 Å². The summed E-state index contributed by atoms with van der Waals surface area (Å²) in [5.74, 6) is -0.445. The Morgan fingerprint density at radius 1 is 1.15 bits per heavy atom. The Labute approximate surface area is 205 Å². The van der Waals surface area contributed by atoms with E-state index in [1.807, 2.05) is 32.0 Å². The van der Waals surface area contributed by atoms with Crippen molar-refractivity contribution >= 4 is 17.9 Å². The van der Waals surface area contributed by atoms with Crippen molar-refractivity contribution < 1.29 is 19.1 Å². The number of unbranched alkanes of at least 4 members (excludes halogenated alkanes) is 2. The zero-order valence-corrected chi connectivity index (χ0v) is 22.0. The van der Waals surface area contributed by atoms with E-state index in [9.17, 15) is 14.4 Å². The summed E-state index contributed by atoms with van der Waals surface area (Å²) < 4.78 is 5.34. The van der Waals surface area contributed by atoms with Crippen LogP contribution >= 0.6 is 0 Å². The summed E-state index contributed by atoms with van der Waals surface area (Å²) in [6.07, 6.45) is 5.06. The van der Waals surface area contributed by atoms with Crippen LogP contribution in [0.15, 0.2) is 18.2 Å². The van der Waals surface area contributed by atoms with E-state index in [-0.39, 0.29) is 17.9 Å². The molecule has 34 heavy (non-hydrogen) atoms. The van der Waals surface area contributed by atoms with Gasteiger partial charge < -0.3 is 20.3 Å². The fourth-order valence-corrected chi connectivity index (χ4v) is 4.11. The van der Waals surface area contributed by atoms with E-state index in [0.29, 0.717) is 6.54 Å². The number of rotatable bonds is 10. The molecule has 2 N–H and O–H groups in total. The Morgan fingerprint density at radius 2 is 1.82 bits per heavy atom. The minimum Gasteiger partial charge on any atom is -0.444 e. The molecule has 7 heteroatoms. The van der Waals surface area contributed by atoms with E-state index in [0.717, 1.165) is 55.2 Å². The molecule has 1 aromatic rings. The number of benzene rings is 1. The molecule has 0 aliphatic heterocycles. The molecular formula is C27H43N3O4. The molecule has 1 aromatic carbocycles. The van der Waals surface area contributed by atoms with E-state index < -0.39 is 23.8 Å². The van der Waals surface area contributed by atoms with E-state index in [2.05, 4.69) is 17.6 Å². The highest BCUT2D eigenvalue weighted by Crippen LogP contribution is 2.35. The highest BCUT2D eigenvalue weighted by atomic mass is 16.6. The summed E-state index contributed by atoms with van der Waals surface area (Å²) in [7, 11) is 0. The van der Waals surface area contributed by atoms with Gasteiger partial charge in [-0.1, -0.05) is 43.5 Å². The number of nitrogens with zero attached hydrogens (tertiary/aromatic N) is 1. The number of alkyl carbamates (subject to hydrolysis) is 1. The number of ether oxygens (including phenoxy) is 1. The maximum absolute atomic E-state index is 13.7. The molecule has 1 aliphatic carbocycles. The van der Waals surface area contributed by atoms with Gasteiger partial charge in [0.2, 0.25) is 11.8 Å². The molecule has 0 aromatic heterocycles. The average molecular weight is 474 g/mol. The quantitative estimate of drug-likeness (QED) is 0.471. The summed E-state index contributed by atoms with van der Waals surface area (Å²) in [5.41, 5.74) is 2.16. The first-order valence-electron chi connectivity index (χ1n) is 12.6. The van der Waals surface area contributed by atoms with Crippen LogP contribution in [0.25, 0.3) is 0 Å². The first kappa shape index (κ1) is 27.7. The SMILES string of the molecule is CCCCCNC(=O)C(c1cc(C)ccc1C)N(C(=O)C(C)NC(=O)OC(C)(C)C)C1CCC1. The van der Waals surface area contributed by atoms with Crippen molar-refractivity contribution in [1.29, 1.82) is 0 Å². The Hall–Kier alpha value is -2.57. The van der Waals surface area contributed by atoms with Gasteiger partial charge in [0.15, 0.2) is 0 Å². The molecule has 0 saturated heterocycles. The Balaban J connectivity index is 2.37. The molecule has 0 radical (unpaired) electrons. The van der Waals surface area contributed by atoms with Crippen LogP contribution in [0.5, 0.6) is 0 Å². The molecule has 0 bridgehead atoms. The lowest BCUT2D eigenvalue weighted by Crippen LogP contribution is -2.56. The Kier molecular flexibility index (Phi) is 9.95. The van der Waals surface area contributed by atoms with Crippen LogP contribution in [0.2, 0.25) is 0 Å². The van der Waals surface area contributed by atoms with Gasteiger partial charge in [-0.2, -0.15) is 0 Å². The van der Waals surface area contributed by atoms with Gasteiger partial charge in [0.1, 0.15) is 17.7 Å². The van der Waals surface area contributed by atoms with Crippen molar-refractivity contribution in [1.82, 2.24) is 15.5 Å². The molecule has 2 atom stereocenters. The van der Waals surface area contributed by atoms with Gasteiger partial charge >= 0.3 is 6.09 Å². The van der Waals surface area contributed by atoms with Crippen LogP contribution in [0.1, 0.15) is 95.9 Å². The van der Waals surface area contributed by atoms with Crippen LogP contribution in [0, 0.1) is 13.8 Å². The molecular weight excluding hydrogens is 430 g/mol. The molecule has 190 valence electrons. The lowest BCUT2D eigenvalue weighted by atomic mass is 9.87. The van der Waals surface area contributed by atoms with Crippen LogP contribution < -0.4 is 10.6 Å². The molecule has 2 unspecified atom stereocenters. The van der Waals surface area contributed by atoms with Crippen molar-refractivity contribution in [2.75, 3.05) is 6.54 Å². The standard InChI is InChI=1S/C27H43N3O4/c1-8-9-10-16-28-24(31)23(22-17-18(2)14-15-19(22)3)30(21-12-11-13-21)25(32)20(4)29-26(33)34-27(5,6)7/h14-15,17,20-21,23H,8-13,16H2,1-7H3,(H,28,31)(H,29,33). The number of carbonyl (C=O) groups excluding carboxylic acids is 3. The van der Waals surface area contributed by atoms with Gasteiger partial charge in [0.05, 0.1) is 0 Å². The fraction of sp³-hybridized carbons (Fsp3) is 0.667. The molecule has 3 amide bonds. The Bertz CT molecular complexity index is 858. The Morgan fingerprint density at radius 3 is 2.38 bits per heavy atom. The zero-order valence-electron chi connectivity index (χ0n) is 22.0. The highest BCUT2D eigenvalue weighted by Gasteiger charge is 2.41. The average Bonchev–Trinajstić information content (AvgIpc) is 2.69. The second-order valence-electron chi connectivity index (χ2n) is 10.5. The molecule has 0 heterocycles. The van der Waals surface area contributed by atoms with Crippen molar-refractivity contribution in [3.05, 3.63) is 34.9 Å². The first-order valence-corrected chi connectivity index (χ1v) is 12.6. The largest absolute Gasteiger partial charge is 0.444 e. The number of nitrogens with one attached hydrogen (secondary N) is 2. The lowest BCUT2D eigenvalue weighted by Gasteiger charge is -2.43. The number of carbonyl (C=O) groups is 3. The van der Waals surface area contributed by atoms with Crippen LogP contribution in [0.4, 0.5) is 4.79 Å². The van der Waals surface area contributed by atoms with E-state index >= 15 is 0 Å². The predicted molar refractivity (Wildman–Crippen MR) is 135 cm³/mol. The summed E-state index contributed by atoms with van der Waals surface area (Å²) >= 11 is 0. The molecule has 7 nitrogen and oxygen atoms in total. The van der Waals surface area contributed by atoms with E-state index in [1.54, 1.807) is 32.6 Å². The summed E-state index contributed by atoms with van der Waals surface area (Å²) in [6, 6.07) is 4.39. The van der Waals surface area contributed by atoms with Crippen molar-refractivity contribution in [2.24, 2.45) is 0 Å². The van der Waals surface area contributed by atoms with Crippen molar-refractivity contribution in [2.45, 2.75) is 111 Å². The van der Waals surface area contributed by atoms with Crippen molar-refractivity contribution in [3.63, 3.8) is 0 Å². The predicted octanol–water partition coefficient (Wildman–Crippen LogP) is 4.95. The summed E-state index contributed by atoms with van der Waals surface area (Å²) in [5, 5.41) is 5.73. The maximum atomic E-state index is 13.7. The minimum atomic E-state index is -0.823. The molecule has 1 aliphatic rings. The first-order chi connectivity index (χ1) is 15.9. The van der Waals surface area contributed by atoms with Gasteiger partial charge in [0, 0.05) is 12.6 Å². The normalized spacial score (nSPS) is 15.6. The third-order valence-corrected chi connectivity index (χ3v) is 6.16. The highest BCUT2D eigenvalue weighted by molar-refractivity contribution is 5.92. The van der Waals surface area contributed by atoms with Gasteiger partial charge in [-0.25, -0.2) is 4.79 Å². The van der Waals surface area contributed by atoms with Crippen LogP contribution in [-0.2, 0) is 14.3 Å². The number of hydrogen-bond donors (Lipinski definition) is 2.